The average Bonchev–Trinajstić information content (AvgIpc) is 3.11. The van der Waals surface area contributed by atoms with Gasteiger partial charge in [0, 0.05) is 38.2 Å². The van der Waals surface area contributed by atoms with E-state index < -0.39 is 0 Å². The summed E-state index contributed by atoms with van der Waals surface area (Å²) >= 11 is 0. The number of rotatable bonds is 7. The third-order valence-corrected chi connectivity index (χ3v) is 4.48. The van der Waals surface area contributed by atoms with Crippen molar-refractivity contribution >= 4 is 35.8 Å². The molecule has 0 bridgehead atoms. The molecule has 1 aliphatic rings. The molecule has 26 heavy (non-hydrogen) atoms. The van der Waals surface area contributed by atoms with E-state index in [4.69, 9.17) is 4.74 Å². The molecule has 0 spiro atoms. The second-order valence-electron chi connectivity index (χ2n) is 6.47. The predicted octanol–water partition coefficient (Wildman–Crippen LogP) is 2.74. The fourth-order valence-corrected chi connectivity index (χ4v) is 3.06. The Morgan fingerprint density at radius 2 is 2.00 bits per heavy atom. The summed E-state index contributed by atoms with van der Waals surface area (Å²) in [6, 6.07) is 6.49. The Labute approximate surface area is 173 Å². The number of hydrogen-bond acceptors (Lipinski definition) is 3. The summed E-state index contributed by atoms with van der Waals surface area (Å²) in [7, 11) is 3.40. The summed E-state index contributed by atoms with van der Waals surface area (Å²) in [5.41, 5.74) is 2.23. The van der Waals surface area contributed by atoms with Crippen molar-refractivity contribution in [1.82, 2.24) is 16.0 Å². The third-order valence-electron chi connectivity index (χ3n) is 4.48. The molecule has 1 amide bonds. The zero-order valence-corrected chi connectivity index (χ0v) is 18.3. The van der Waals surface area contributed by atoms with E-state index in [0.29, 0.717) is 31.5 Å². The molecule has 0 atom stereocenters. The number of ether oxygens (including phenoxy) is 1. The molecule has 2 rings (SSSR count). The number of methoxy groups -OCH3 is 1. The van der Waals surface area contributed by atoms with Crippen LogP contribution < -0.4 is 20.7 Å². The fourth-order valence-electron chi connectivity index (χ4n) is 3.06. The lowest BCUT2D eigenvalue weighted by Crippen LogP contribution is -2.40. The molecule has 1 saturated carbocycles. The van der Waals surface area contributed by atoms with Gasteiger partial charge in [-0.3, -0.25) is 9.79 Å². The normalized spacial score (nSPS) is 14.5. The van der Waals surface area contributed by atoms with Gasteiger partial charge in [-0.1, -0.05) is 25.0 Å². The van der Waals surface area contributed by atoms with Gasteiger partial charge in [0.15, 0.2) is 5.96 Å². The quantitative estimate of drug-likeness (QED) is 0.323. The van der Waals surface area contributed by atoms with Crippen LogP contribution in [0.15, 0.2) is 23.2 Å². The van der Waals surface area contributed by atoms with Crippen LogP contribution in [-0.4, -0.2) is 38.6 Å². The second kappa shape index (κ2) is 12.0. The van der Waals surface area contributed by atoms with Crippen molar-refractivity contribution in [3.8, 4) is 5.75 Å². The number of amides is 1. The fraction of sp³-hybridized carbons (Fsp3) is 0.579. The summed E-state index contributed by atoms with van der Waals surface area (Å²) in [6.45, 7) is 3.21. The van der Waals surface area contributed by atoms with E-state index in [9.17, 15) is 4.79 Å². The Kier molecular flexibility index (Phi) is 10.4. The molecule has 3 N–H and O–H groups in total. The maximum atomic E-state index is 11.9. The number of halogens is 1. The highest BCUT2D eigenvalue weighted by atomic mass is 127. The van der Waals surface area contributed by atoms with Gasteiger partial charge < -0.3 is 20.7 Å². The van der Waals surface area contributed by atoms with Crippen LogP contribution in [0, 0.1) is 6.92 Å². The summed E-state index contributed by atoms with van der Waals surface area (Å²) in [6.07, 6.45) is 5.12. The lowest BCUT2D eigenvalue weighted by molar-refractivity contribution is -0.121. The van der Waals surface area contributed by atoms with Crippen LogP contribution in [0.1, 0.15) is 43.2 Å². The van der Waals surface area contributed by atoms with Crippen molar-refractivity contribution < 1.29 is 9.53 Å². The summed E-state index contributed by atoms with van der Waals surface area (Å²) in [4.78, 5) is 16.1. The average molecular weight is 474 g/mol. The molecule has 1 aliphatic carbocycles. The van der Waals surface area contributed by atoms with Crippen LogP contribution >= 0.6 is 24.0 Å². The van der Waals surface area contributed by atoms with E-state index in [1.54, 1.807) is 14.2 Å². The van der Waals surface area contributed by atoms with E-state index >= 15 is 0 Å². The van der Waals surface area contributed by atoms with Gasteiger partial charge >= 0.3 is 0 Å². The standard InChI is InChI=1S/C19H30N4O2.HI/c1-14-8-9-15(17(12-14)25-3)13-22-19(20-2)21-11-10-18(24)23-16-6-4-5-7-16;/h8-9,12,16H,4-7,10-11,13H2,1-3H3,(H,23,24)(H2,20,21,22);1H. The Balaban J connectivity index is 0.00000338. The lowest BCUT2D eigenvalue weighted by Gasteiger charge is -2.15. The van der Waals surface area contributed by atoms with Gasteiger partial charge in [0.05, 0.1) is 7.11 Å². The molecule has 1 aromatic carbocycles. The topological polar surface area (TPSA) is 74.8 Å². The molecule has 0 saturated heterocycles. The molecule has 146 valence electrons. The van der Waals surface area contributed by atoms with Crippen LogP contribution in [0.25, 0.3) is 0 Å². The molecular formula is C19H31IN4O2. The highest BCUT2D eigenvalue weighted by Crippen LogP contribution is 2.19. The number of nitrogens with zero attached hydrogens (tertiary/aromatic N) is 1. The molecule has 1 aromatic rings. The van der Waals surface area contributed by atoms with Crippen molar-refractivity contribution in [2.75, 3.05) is 20.7 Å². The molecule has 0 aliphatic heterocycles. The zero-order valence-electron chi connectivity index (χ0n) is 15.9. The first-order chi connectivity index (χ1) is 12.1. The van der Waals surface area contributed by atoms with E-state index in [2.05, 4.69) is 27.0 Å². The van der Waals surface area contributed by atoms with Gasteiger partial charge in [0.25, 0.3) is 0 Å². The Hall–Kier alpha value is -1.51. The highest BCUT2D eigenvalue weighted by Gasteiger charge is 2.16. The lowest BCUT2D eigenvalue weighted by atomic mass is 10.1. The van der Waals surface area contributed by atoms with Crippen LogP contribution in [0.3, 0.4) is 0 Å². The maximum absolute atomic E-state index is 11.9. The van der Waals surface area contributed by atoms with Gasteiger partial charge in [-0.25, -0.2) is 0 Å². The first kappa shape index (κ1) is 22.5. The number of hydrogen-bond donors (Lipinski definition) is 3. The van der Waals surface area contributed by atoms with Crippen LogP contribution in [0.4, 0.5) is 0 Å². The van der Waals surface area contributed by atoms with Gasteiger partial charge in [0.2, 0.25) is 5.91 Å². The van der Waals surface area contributed by atoms with Crippen LogP contribution in [0.2, 0.25) is 0 Å². The van der Waals surface area contributed by atoms with E-state index in [1.807, 2.05) is 19.1 Å². The van der Waals surface area contributed by atoms with Gasteiger partial charge in [0.1, 0.15) is 5.75 Å². The van der Waals surface area contributed by atoms with Gasteiger partial charge in [-0.05, 0) is 31.4 Å². The summed E-state index contributed by atoms with van der Waals surface area (Å²) < 4.78 is 5.41. The molecule has 0 radical (unpaired) electrons. The third kappa shape index (κ3) is 7.39. The molecule has 1 fully saturated rings. The first-order valence-corrected chi connectivity index (χ1v) is 8.99. The minimum atomic E-state index is 0. The van der Waals surface area contributed by atoms with Crippen LogP contribution in [0.5, 0.6) is 5.75 Å². The maximum Gasteiger partial charge on any atom is 0.221 e. The second-order valence-corrected chi connectivity index (χ2v) is 6.47. The number of carbonyl (C=O) groups excluding carboxylic acids is 1. The molecule has 0 heterocycles. The summed E-state index contributed by atoms with van der Waals surface area (Å²) in [5, 5.41) is 9.53. The monoisotopic (exact) mass is 474 g/mol. The number of nitrogens with one attached hydrogen (secondary N) is 3. The number of aryl methyl sites for hydroxylation is 1. The Bertz CT molecular complexity index is 601. The molecule has 7 heteroatoms. The van der Waals surface area contributed by atoms with Crippen molar-refractivity contribution in [3.63, 3.8) is 0 Å². The van der Waals surface area contributed by atoms with Crippen molar-refractivity contribution in [1.29, 1.82) is 0 Å². The minimum Gasteiger partial charge on any atom is -0.496 e. The Morgan fingerprint density at radius 3 is 2.65 bits per heavy atom. The number of benzene rings is 1. The van der Waals surface area contributed by atoms with Crippen LogP contribution in [-0.2, 0) is 11.3 Å². The predicted molar refractivity (Wildman–Crippen MR) is 116 cm³/mol. The minimum absolute atomic E-state index is 0. The highest BCUT2D eigenvalue weighted by molar-refractivity contribution is 14.0. The smallest absolute Gasteiger partial charge is 0.221 e. The van der Waals surface area contributed by atoms with E-state index in [-0.39, 0.29) is 29.9 Å². The number of aliphatic imine (C=N–C) groups is 1. The number of carbonyl (C=O) groups is 1. The number of guanidine groups is 1. The van der Waals surface area contributed by atoms with Crippen molar-refractivity contribution in [3.05, 3.63) is 29.3 Å². The molecule has 0 aromatic heterocycles. The van der Waals surface area contributed by atoms with Crippen molar-refractivity contribution in [2.24, 2.45) is 4.99 Å². The molecular weight excluding hydrogens is 443 g/mol. The molecule has 6 nitrogen and oxygen atoms in total. The van der Waals surface area contributed by atoms with Gasteiger partial charge in [-0.2, -0.15) is 0 Å². The van der Waals surface area contributed by atoms with Gasteiger partial charge in [-0.15, -0.1) is 24.0 Å². The SMILES string of the molecule is CN=C(NCCC(=O)NC1CCCC1)NCc1ccc(C)cc1OC.I. The summed E-state index contributed by atoms with van der Waals surface area (Å²) in [5.74, 6) is 1.64. The van der Waals surface area contributed by atoms with Crippen molar-refractivity contribution in [2.45, 2.75) is 51.6 Å². The van der Waals surface area contributed by atoms with E-state index in [1.165, 1.54) is 12.8 Å². The first-order valence-electron chi connectivity index (χ1n) is 8.99. The largest absolute Gasteiger partial charge is 0.496 e. The Morgan fingerprint density at radius 1 is 1.27 bits per heavy atom. The molecule has 0 unspecified atom stereocenters. The van der Waals surface area contributed by atoms with E-state index in [0.717, 1.165) is 29.7 Å². The zero-order chi connectivity index (χ0) is 18.1.